The van der Waals surface area contributed by atoms with Crippen LogP contribution in [0, 0.1) is 11.8 Å². The third kappa shape index (κ3) is 4.48. The Hall–Kier alpha value is -2.15. The fourth-order valence-electron chi connectivity index (χ4n) is 3.66. The van der Waals surface area contributed by atoms with Crippen molar-refractivity contribution in [3.63, 3.8) is 0 Å². The molecule has 3 N–H and O–H groups in total. The molecule has 1 aromatic rings. The quantitative estimate of drug-likeness (QED) is 0.649. The number of allylic oxidation sites excluding steroid dienone is 1. The van der Waals surface area contributed by atoms with E-state index in [1.165, 1.54) is 24.5 Å². The first kappa shape index (κ1) is 17.7. The lowest BCUT2D eigenvalue weighted by molar-refractivity contribution is -0.121. The summed E-state index contributed by atoms with van der Waals surface area (Å²) in [6, 6.07) is 1.30. The fourth-order valence-corrected chi connectivity index (χ4v) is 3.66. The highest BCUT2D eigenvalue weighted by atomic mass is 16.2. The fraction of sp³-hybridized carbons (Fsp3) is 0.611. The van der Waals surface area contributed by atoms with Gasteiger partial charge in [0.05, 0.1) is 6.42 Å². The van der Waals surface area contributed by atoms with E-state index in [0.29, 0.717) is 11.8 Å². The molecule has 1 saturated heterocycles. The van der Waals surface area contributed by atoms with Crippen LogP contribution in [0.2, 0.25) is 0 Å². The number of hydrogen-bond acceptors (Lipinski definition) is 4. The minimum absolute atomic E-state index is 0.0684. The van der Waals surface area contributed by atoms with Crippen LogP contribution < -0.4 is 16.4 Å². The summed E-state index contributed by atoms with van der Waals surface area (Å²) in [4.78, 5) is 37.8. The normalized spacial score (nSPS) is 24.5. The number of carbonyl (C=O) groups excluding carboxylic acids is 1. The van der Waals surface area contributed by atoms with E-state index in [9.17, 15) is 14.4 Å². The number of aromatic amines is 2. The van der Waals surface area contributed by atoms with Gasteiger partial charge >= 0.3 is 0 Å². The first-order valence-electron chi connectivity index (χ1n) is 8.90. The highest BCUT2D eigenvalue weighted by molar-refractivity contribution is 5.78. The molecule has 136 valence electrons. The Kier molecular flexibility index (Phi) is 5.22. The van der Waals surface area contributed by atoms with Crippen molar-refractivity contribution < 1.29 is 4.79 Å². The molecular weight excluding hydrogens is 320 g/mol. The highest BCUT2D eigenvalue weighted by Gasteiger charge is 2.42. The van der Waals surface area contributed by atoms with Crippen LogP contribution in [-0.4, -0.2) is 46.7 Å². The molecule has 2 heterocycles. The van der Waals surface area contributed by atoms with Gasteiger partial charge in [-0.15, -0.1) is 0 Å². The second-order valence-corrected chi connectivity index (χ2v) is 7.29. The molecule has 0 unspecified atom stereocenters. The van der Waals surface area contributed by atoms with Gasteiger partial charge in [-0.3, -0.25) is 29.5 Å². The molecule has 1 amide bonds. The van der Waals surface area contributed by atoms with Crippen molar-refractivity contribution in [3.05, 3.63) is 44.0 Å². The standard InChI is InChI=1S/C18H26N4O3/c1-3-11(2)8-22-9-14(12-4-5-12)15(10-22)19-16(23)6-13-7-17(24)20-21-18(13)25/h3,7,12,14-15H,4-6,8-10H2,1-2H3,(H,19,23)(H,20,24)(H,21,25)/b11-3+/t14-,15+/m0/s1. The van der Waals surface area contributed by atoms with E-state index in [4.69, 9.17) is 0 Å². The molecule has 1 aliphatic carbocycles. The zero-order valence-electron chi connectivity index (χ0n) is 14.8. The lowest BCUT2D eigenvalue weighted by Gasteiger charge is -2.19. The topological polar surface area (TPSA) is 98.1 Å². The van der Waals surface area contributed by atoms with Gasteiger partial charge in [0.15, 0.2) is 0 Å². The molecule has 7 heteroatoms. The first-order valence-corrected chi connectivity index (χ1v) is 8.90. The van der Waals surface area contributed by atoms with Crippen LogP contribution in [-0.2, 0) is 11.2 Å². The molecule has 1 aliphatic heterocycles. The van der Waals surface area contributed by atoms with E-state index in [0.717, 1.165) is 19.6 Å². The summed E-state index contributed by atoms with van der Waals surface area (Å²) in [6.07, 6.45) is 4.53. The Labute approximate surface area is 146 Å². The molecule has 3 rings (SSSR count). The molecule has 2 fully saturated rings. The Morgan fingerprint density at radius 3 is 2.76 bits per heavy atom. The van der Waals surface area contributed by atoms with Crippen molar-refractivity contribution in [2.24, 2.45) is 11.8 Å². The zero-order chi connectivity index (χ0) is 18.0. The Morgan fingerprint density at radius 2 is 2.08 bits per heavy atom. The van der Waals surface area contributed by atoms with E-state index < -0.39 is 11.1 Å². The second kappa shape index (κ2) is 7.39. The van der Waals surface area contributed by atoms with Gasteiger partial charge in [-0.2, -0.15) is 0 Å². The van der Waals surface area contributed by atoms with Gasteiger partial charge in [-0.05, 0) is 38.5 Å². The number of likely N-dealkylation sites (tertiary alicyclic amines) is 1. The van der Waals surface area contributed by atoms with Crippen LogP contribution >= 0.6 is 0 Å². The van der Waals surface area contributed by atoms with Crippen molar-refractivity contribution in [1.82, 2.24) is 20.4 Å². The largest absolute Gasteiger partial charge is 0.351 e. The zero-order valence-corrected chi connectivity index (χ0v) is 14.8. The minimum atomic E-state index is -0.426. The van der Waals surface area contributed by atoms with Crippen LogP contribution in [0.15, 0.2) is 27.3 Å². The molecule has 2 atom stereocenters. The van der Waals surface area contributed by atoms with Crippen LogP contribution in [0.25, 0.3) is 0 Å². The van der Waals surface area contributed by atoms with Gasteiger partial charge in [0, 0.05) is 37.3 Å². The summed E-state index contributed by atoms with van der Waals surface area (Å²) in [6.45, 7) is 6.94. The molecule has 0 aromatic carbocycles. The number of carbonyl (C=O) groups is 1. The first-order chi connectivity index (χ1) is 12.0. The van der Waals surface area contributed by atoms with E-state index in [2.05, 4.69) is 33.4 Å². The van der Waals surface area contributed by atoms with Gasteiger partial charge in [0.1, 0.15) is 0 Å². The molecule has 25 heavy (non-hydrogen) atoms. The summed E-state index contributed by atoms with van der Waals surface area (Å²) < 4.78 is 0. The maximum atomic E-state index is 12.4. The number of amides is 1. The maximum absolute atomic E-state index is 12.4. The predicted molar refractivity (Wildman–Crippen MR) is 95.4 cm³/mol. The summed E-state index contributed by atoms with van der Waals surface area (Å²) in [5.41, 5.74) is 0.692. The third-order valence-corrected chi connectivity index (χ3v) is 5.23. The number of hydrogen-bond donors (Lipinski definition) is 3. The molecule has 2 aliphatic rings. The molecule has 0 spiro atoms. The second-order valence-electron chi connectivity index (χ2n) is 7.29. The van der Waals surface area contributed by atoms with Crippen molar-refractivity contribution in [2.45, 2.75) is 39.2 Å². The van der Waals surface area contributed by atoms with Crippen molar-refractivity contribution in [1.29, 1.82) is 0 Å². The SMILES string of the molecule is C/C=C(\C)CN1C[C@@H](NC(=O)Cc2cc(=O)[nH][nH]c2=O)[C@H](C2CC2)C1. The van der Waals surface area contributed by atoms with Crippen LogP contribution in [0.1, 0.15) is 32.3 Å². The average Bonchev–Trinajstić information content (AvgIpc) is 3.34. The minimum Gasteiger partial charge on any atom is -0.351 e. The van der Waals surface area contributed by atoms with Crippen LogP contribution in [0.3, 0.4) is 0 Å². The number of aromatic nitrogens is 2. The van der Waals surface area contributed by atoms with Crippen LogP contribution in [0.5, 0.6) is 0 Å². The molecule has 0 bridgehead atoms. The summed E-state index contributed by atoms with van der Waals surface area (Å²) in [5.74, 6) is 0.978. The summed E-state index contributed by atoms with van der Waals surface area (Å²) in [7, 11) is 0. The maximum Gasteiger partial charge on any atom is 0.266 e. The lowest BCUT2D eigenvalue weighted by Crippen LogP contribution is -2.42. The van der Waals surface area contributed by atoms with Crippen molar-refractivity contribution in [2.75, 3.05) is 19.6 Å². The summed E-state index contributed by atoms with van der Waals surface area (Å²) in [5, 5.41) is 7.56. The third-order valence-electron chi connectivity index (χ3n) is 5.23. The smallest absolute Gasteiger partial charge is 0.266 e. The van der Waals surface area contributed by atoms with Gasteiger partial charge < -0.3 is 5.32 Å². The van der Waals surface area contributed by atoms with Gasteiger partial charge in [0.25, 0.3) is 11.1 Å². The van der Waals surface area contributed by atoms with Gasteiger partial charge in [0.2, 0.25) is 5.91 Å². The number of nitrogens with zero attached hydrogens (tertiary/aromatic N) is 1. The van der Waals surface area contributed by atoms with Gasteiger partial charge in [-0.1, -0.05) is 11.6 Å². The van der Waals surface area contributed by atoms with E-state index in [-0.39, 0.29) is 23.9 Å². The molecule has 0 radical (unpaired) electrons. The van der Waals surface area contributed by atoms with Crippen molar-refractivity contribution >= 4 is 5.91 Å². The lowest BCUT2D eigenvalue weighted by atomic mass is 9.98. The van der Waals surface area contributed by atoms with Gasteiger partial charge in [-0.25, -0.2) is 0 Å². The Bertz CT molecular complexity index is 775. The van der Waals surface area contributed by atoms with E-state index in [1.54, 1.807) is 0 Å². The predicted octanol–water partition coefficient (Wildman–Crippen LogP) is 0.399. The Morgan fingerprint density at radius 1 is 1.32 bits per heavy atom. The Balaban J connectivity index is 1.63. The van der Waals surface area contributed by atoms with E-state index >= 15 is 0 Å². The number of H-pyrrole nitrogens is 2. The van der Waals surface area contributed by atoms with Crippen LogP contribution in [0.4, 0.5) is 0 Å². The molecule has 1 saturated carbocycles. The van der Waals surface area contributed by atoms with Crippen molar-refractivity contribution in [3.8, 4) is 0 Å². The average molecular weight is 346 g/mol. The summed E-state index contributed by atoms with van der Waals surface area (Å²) >= 11 is 0. The van der Waals surface area contributed by atoms with E-state index in [1.807, 2.05) is 6.92 Å². The number of rotatable bonds is 6. The molecule has 7 nitrogen and oxygen atoms in total. The monoisotopic (exact) mass is 346 g/mol. The molecule has 1 aromatic heterocycles. The molecular formula is C18H26N4O3. The highest BCUT2D eigenvalue weighted by Crippen LogP contribution is 2.41. The number of nitrogens with one attached hydrogen (secondary N) is 3.